The highest BCUT2D eigenvalue weighted by atomic mass is 16.5. The Kier molecular flexibility index (Phi) is 3.92. The van der Waals surface area contributed by atoms with Crippen LogP contribution < -0.4 is 0 Å². The van der Waals surface area contributed by atoms with Gasteiger partial charge in [0, 0.05) is 6.42 Å². The summed E-state index contributed by atoms with van der Waals surface area (Å²) in [6.45, 7) is 4.01. The number of ether oxygens (including phenoxy) is 1. The van der Waals surface area contributed by atoms with Crippen molar-refractivity contribution in [3.8, 4) is 12.0 Å². The second-order valence-electron chi connectivity index (χ2n) is 2.95. The lowest BCUT2D eigenvalue weighted by atomic mass is 10.1. The van der Waals surface area contributed by atoms with Gasteiger partial charge >= 0.3 is 0 Å². The van der Waals surface area contributed by atoms with Crippen molar-refractivity contribution in [3.63, 3.8) is 0 Å². The molecule has 1 aliphatic carbocycles. The normalized spacial score (nSPS) is 20.8. The molecule has 1 atom stereocenters. The molecule has 0 radical (unpaired) electrons. The van der Waals surface area contributed by atoms with Gasteiger partial charge in [-0.2, -0.15) is 0 Å². The summed E-state index contributed by atoms with van der Waals surface area (Å²) >= 11 is 0. The SMILES string of the molecule is C/C=C\C#COC1C=CC(C)=CC1. The van der Waals surface area contributed by atoms with Gasteiger partial charge in [0.1, 0.15) is 12.2 Å². The maximum atomic E-state index is 5.29. The zero-order valence-corrected chi connectivity index (χ0v) is 8.08. The van der Waals surface area contributed by atoms with Crippen molar-refractivity contribution in [2.75, 3.05) is 0 Å². The minimum atomic E-state index is 0.126. The Morgan fingerprint density at radius 3 is 3.08 bits per heavy atom. The van der Waals surface area contributed by atoms with Crippen molar-refractivity contribution in [1.82, 2.24) is 0 Å². The van der Waals surface area contributed by atoms with E-state index in [0.717, 1.165) is 6.42 Å². The van der Waals surface area contributed by atoms with E-state index in [4.69, 9.17) is 4.74 Å². The van der Waals surface area contributed by atoms with E-state index in [1.165, 1.54) is 5.57 Å². The molecule has 0 saturated heterocycles. The molecule has 1 nitrogen and oxygen atoms in total. The number of hydrogen-bond donors (Lipinski definition) is 0. The van der Waals surface area contributed by atoms with Crippen LogP contribution in [0.5, 0.6) is 0 Å². The minimum Gasteiger partial charge on any atom is -0.438 e. The minimum absolute atomic E-state index is 0.126. The second-order valence-corrected chi connectivity index (χ2v) is 2.95. The van der Waals surface area contributed by atoms with E-state index in [0.29, 0.717) is 0 Å². The van der Waals surface area contributed by atoms with Gasteiger partial charge in [-0.25, -0.2) is 0 Å². The Morgan fingerprint density at radius 2 is 2.46 bits per heavy atom. The third-order valence-electron chi connectivity index (χ3n) is 1.77. The fraction of sp³-hybridized carbons (Fsp3) is 0.333. The summed E-state index contributed by atoms with van der Waals surface area (Å²) < 4.78 is 5.29. The zero-order valence-electron chi connectivity index (χ0n) is 8.08. The topological polar surface area (TPSA) is 9.23 Å². The van der Waals surface area contributed by atoms with E-state index in [2.05, 4.69) is 31.1 Å². The monoisotopic (exact) mass is 174 g/mol. The lowest BCUT2D eigenvalue weighted by Gasteiger charge is -2.11. The summed E-state index contributed by atoms with van der Waals surface area (Å²) in [5, 5.41) is 0. The molecule has 0 fully saturated rings. The molecule has 0 spiro atoms. The fourth-order valence-electron chi connectivity index (χ4n) is 1.02. The average Bonchev–Trinajstić information content (AvgIpc) is 2.15. The molecule has 0 amide bonds. The van der Waals surface area contributed by atoms with Gasteiger partial charge in [0.25, 0.3) is 0 Å². The standard InChI is InChI=1S/C12H14O/c1-3-4-5-10-13-12-8-6-11(2)7-9-12/h3-4,6-8,12H,9H2,1-2H3/b4-3-. The van der Waals surface area contributed by atoms with E-state index in [-0.39, 0.29) is 6.10 Å². The van der Waals surface area contributed by atoms with Crippen molar-refractivity contribution < 1.29 is 4.74 Å². The van der Waals surface area contributed by atoms with Crippen LogP contribution in [0.3, 0.4) is 0 Å². The molecule has 1 unspecified atom stereocenters. The predicted octanol–water partition coefficient (Wildman–Crippen LogP) is 2.81. The van der Waals surface area contributed by atoms with Gasteiger partial charge < -0.3 is 4.74 Å². The van der Waals surface area contributed by atoms with Gasteiger partial charge in [-0.3, -0.25) is 0 Å². The summed E-state index contributed by atoms with van der Waals surface area (Å²) in [5.41, 5.74) is 1.29. The summed E-state index contributed by atoms with van der Waals surface area (Å²) in [7, 11) is 0. The molecule has 0 aromatic carbocycles. The molecule has 1 aliphatic rings. The van der Waals surface area contributed by atoms with Crippen molar-refractivity contribution in [2.24, 2.45) is 0 Å². The van der Waals surface area contributed by atoms with Crippen LogP contribution in [0.25, 0.3) is 0 Å². The quantitative estimate of drug-likeness (QED) is 0.555. The lowest BCUT2D eigenvalue weighted by molar-refractivity contribution is 0.213. The Balaban J connectivity index is 2.34. The molecule has 0 heterocycles. The van der Waals surface area contributed by atoms with Gasteiger partial charge in [0.05, 0.1) is 0 Å². The van der Waals surface area contributed by atoms with Crippen LogP contribution in [-0.4, -0.2) is 6.10 Å². The molecule has 0 N–H and O–H groups in total. The van der Waals surface area contributed by atoms with E-state index >= 15 is 0 Å². The van der Waals surface area contributed by atoms with Gasteiger partial charge in [-0.1, -0.05) is 23.8 Å². The van der Waals surface area contributed by atoms with Crippen LogP contribution in [0.2, 0.25) is 0 Å². The van der Waals surface area contributed by atoms with Crippen LogP contribution in [0.15, 0.2) is 36.0 Å². The Labute approximate surface area is 79.8 Å². The first kappa shape index (κ1) is 9.67. The predicted molar refractivity (Wildman–Crippen MR) is 55.0 cm³/mol. The van der Waals surface area contributed by atoms with Gasteiger partial charge in [-0.15, -0.1) is 0 Å². The fourth-order valence-corrected chi connectivity index (χ4v) is 1.02. The van der Waals surface area contributed by atoms with Crippen molar-refractivity contribution in [3.05, 3.63) is 36.0 Å². The van der Waals surface area contributed by atoms with E-state index in [9.17, 15) is 0 Å². The molecule has 1 heteroatoms. The Bertz CT molecular complexity index is 297. The molecular weight excluding hydrogens is 160 g/mol. The molecule has 0 aromatic heterocycles. The van der Waals surface area contributed by atoms with E-state index in [1.807, 2.05) is 19.1 Å². The van der Waals surface area contributed by atoms with Gasteiger partial charge in [0.15, 0.2) is 0 Å². The third-order valence-corrected chi connectivity index (χ3v) is 1.77. The molecule has 0 saturated carbocycles. The van der Waals surface area contributed by atoms with Crippen LogP contribution in [0.1, 0.15) is 20.3 Å². The first-order valence-electron chi connectivity index (χ1n) is 4.45. The van der Waals surface area contributed by atoms with Crippen LogP contribution >= 0.6 is 0 Å². The molecule has 0 aliphatic heterocycles. The van der Waals surface area contributed by atoms with E-state index in [1.54, 1.807) is 6.08 Å². The molecular formula is C12H14O. The summed E-state index contributed by atoms with van der Waals surface area (Å²) in [6, 6.07) is 0. The number of hydrogen-bond acceptors (Lipinski definition) is 1. The third kappa shape index (κ3) is 3.66. The maximum absolute atomic E-state index is 5.29. The highest BCUT2D eigenvalue weighted by Crippen LogP contribution is 2.11. The van der Waals surface area contributed by atoms with Crippen molar-refractivity contribution >= 4 is 0 Å². The molecule has 0 bridgehead atoms. The highest BCUT2D eigenvalue weighted by molar-refractivity contribution is 5.22. The van der Waals surface area contributed by atoms with Crippen molar-refractivity contribution in [1.29, 1.82) is 0 Å². The van der Waals surface area contributed by atoms with E-state index < -0.39 is 0 Å². The van der Waals surface area contributed by atoms with Crippen LogP contribution in [0, 0.1) is 12.0 Å². The maximum Gasteiger partial charge on any atom is 0.132 e. The van der Waals surface area contributed by atoms with Crippen molar-refractivity contribution in [2.45, 2.75) is 26.4 Å². The Hall–Kier alpha value is -1.42. The largest absolute Gasteiger partial charge is 0.438 e. The molecule has 68 valence electrons. The lowest BCUT2D eigenvalue weighted by Crippen LogP contribution is -2.07. The average molecular weight is 174 g/mol. The number of rotatable bonds is 1. The Morgan fingerprint density at radius 1 is 1.62 bits per heavy atom. The van der Waals surface area contributed by atoms with Crippen LogP contribution in [0.4, 0.5) is 0 Å². The second kappa shape index (κ2) is 5.27. The number of allylic oxidation sites excluding steroid dienone is 4. The van der Waals surface area contributed by atoms with Gasteiger partial charge in [0.2, 0.25) is 0 Å². The van der Waals surface area contributed by atoms with Gasteiger partial charge in [-0.05, 0) is 31.9 Å². The zero-order chi connectivity index (χ0) is 9.52. The molecule has 0 aromatic rings. The van der Waals surface area contributed by atoms with Crippen LogP contribution in [-0.2, 0) is 4.74 Å². The first-order valence-corrected chi connectivity index (χ1v) is 4.45. The summed E-state index contributed by atoms with van der Waals surface area (Å²) in [5.74, 6) is 2.79. The summed E-state index contributed by atoms with van der Waals surface area (Å²) in [4.78, 5) is 0. The first-order chi connectivity index (χ1) is 6.33. The summed E-state index contributed by atoms with van der Waals surface area (Å²) in [6.07, 6.45) is 13.6. The molecule has 13 heavy (non-hydrogen) atoms. The highest BCUT2D eigenvalue weighted by Gasteiger charge is 2.05. The molecule has 1 rings (SSSR count). The smallest absolute Gasteiger partial charge is 0.132 e.